The molecule has 0 aliphatic rings. The number of amides is 1. The van der Waals surface area contributed by atoms with Gasteiger partial charge in [-0.2, -0.15) is 0 Å². The first-order chi connectivity index (χ1) is 14.2. The van der Waals surface area contributed by atoms with Crippen LogP contribution in [0.4, 0.5) is 5.69 Å². The largest absolute Gasteiger partial charge is 0.495 e. The van der Waals surface area contributed by atoms with Gasteiger partial charge in [0, 0.05) is 13.0 Å². The number of ether oxygens (including phenoxy) is 1. The minimum Gasteiger partial charge on any atom is -0.495 e. The van der Waals surface area contributed by atoms with Gasteiger partial charge in [0.25, 0.3) is 0 Å². The topological polar surface area (TPSA) is 75.7 Å². The molecule has 1 atom stereocenters. The Balaban J connectivity index is 2.02. The minimum atomic E-state index is -3.51. The summed E-state index contributed by atoms with van der Waals surface area (Å²) >= 11 is 0. The Labute approximate surface area is 180 Å². The van der Waals surface area contributed by atoms with Crippen LogP contribution in [0.5, 0.6) is 5.75 Å². The van der Waals surface area contributed by atoms with E-state index in [1.807, 2.05) is 13.0 Å². The highest BCUT2D eigenvalue weighted by Crippen LogP contribution is 2.29. The third-order valence-corrected chi connectivity index (χ3v) is 6.38. The summed E-state index contributed by atoms with van der Waals surface area (Å²) in [5, 5.41) is 3.07. The monoisotopic (exact) mass is 432 g/mol. The van der Waals surface area contributed by atoms with E-state index in [1.54, 1.807) is 24.3 Å². The summed E-state index contributed by atoms with van der Waals surface area (Å²) in [5.74, 6) is 0.390. The second-order valence-electron chi connectivity index (χ2n) is 7.48. The van der Waals surface area contributed by atoms with Crippen LogP contribution < -0.4 is 14.4 Å². The van der Waals surface area contributed by atoms with Crippen molar-refractivity contribution in [3.8, 4) is 5.75 Å². The molecular formula is C23H32N2O4S. The van der Waals surface area contributed by atoms with E-state index in [0.29, 0.717) is 17.9 Å². The number of hydrogen-bond acceptors (Lipinski definition) is 4. The van der Waals surface area contributed by atoms with Crippen molar-refractivity contribution in [2.75, 3.05) is 24.2 Å². The molecule has 2 rings (SSSR count). The Morgan fingerprint density at radius 3 is 2.43 bits per heavy atom. The van der Waals surface area contributed by atoms with E-state index in [-0.39, 0.29) is 24.9 Å². The molecule has 2 aromatic carbocycles. The third-order valence-electron chi connectivity index (χ3n) is 5.20. The molecule has 0 fully saturated rings. The van der Waals surface area contributed by atoms with Crippen molar-refractivity contribution in [1.82, 2.24) is 5.32 Å². The van der Waals surface area contributed by atoms with Crippen LogP contribution >= 0.6 is 0 Å². The van der Waals surface area contributed by atoms with E-state index in [9.17, 15) is 13.2 Å². The molecule has 6 nitrogen and oxygen atoms in total. The summed E-state index contributed by atoms with van der Waals surface area (Å²) in [6.07, 6.45) is 2.58. The predicted octanol–water partition coefficient (Wildman–Crippen LogP) is 4.13. The molecule has 1 N–H and O–H groups in total. The molecule has 7 heteroatoms. The van der Waals surface area contributed by atoms with E-state index >= 15 is 0 Å². The molecular weight excluding hydrogens is 400 g/mol. The molecule has 0 aliphatic heterocycles. The number of rotatable bonds is 10. The lowest BCUT2D eigenvalue weighted by Gasteiger charge is -2.24. The zero-order chi connectivity index (χ0) is 22.3. The second kappa shape index (κ2) is 10.5. The fourth-order valence-corrected chi connectivity index (χ4v) is 4.32. The summed E-state index contributed by atoms with van der Waals surface area (Å²) < 4.78 is 31.2. The molecule has 0 aromatic heterocycles. The van der Waals surface area contributed by atoms with E-state index < -0.39 is 10.0 Å². The van der Waals surface area contributed by atoms with Crippen molar-refractivity contribution >= 4 is 21.6 Å². The average molecular weight is 433 g/mol. The van der Waals surface area contributed by atoms with Crippen LogP contribution in [0.1, 0.15) is 48.9 Å². The van der Waals surface area contributed by atoms with E-state index in [4.69, 9.17) is 4.74 Å². The van der Waals surface area contributed by atoms with Crippen molar-refractivity contribution < 1.29 is 17.9 Å². The van der Waals surface area contributed by atoms with Gasteiger partial charge in [-0.15, -0.1) is 0 Å². The van der Waals surface area contributed by atoms with Gasteiger partial charge in [-0.05, 0) is 55.5 Å². The summed E-state index contributed by atoms with van der Waals surface area (Å²) in [6.45, 7) is 6.36. The van der Waals surface area contributed by atoms with Gasteiger partial charge in [-0.25, -0.2) is 8.42 Å². The number of carbonyl (C=O) groups excluding carboxylic acids is 1. The molecule has 0 saturated carbocycles. The molecule has 0 aliphatic carbocycles. The van der Waals surface area contributed by atoms with Gasteiger partial charge in [0.2, 0.25) is 15.9 Å². The maximum absolute atomic E-state index is 12.5. The number of methoxy groups -OCH3 is 1. The molecule has 30 heavy (non-hydrogen) atoms. The maximum atomic E-state index is 12.5. The standard InChI is InChI=1S/C23H32N2O4S/c1-6-20(19-14-13-17(2)18(3)16-19)24-23(26)12-9-15-25(30(5,27)28)21-10-7-8-11-22(21)29-4/h7-8,10-11,13-14,16,20H,6,9,12,15H2,1-5H3,(H,24,26)/t20-/m1/s1. The lowest BCUT2D eigenvalue weighted by molar-refractivity contribution is -0.121. The first-order valence-corrected chi connectivity index (χ1v) is 12.0. The van der Waals surface area contributed by atoms with E-state index in [1.165, 1.54) is 22.5 Å². The van der Waals surface area contributed by atoms with Crippen molar-refractivity contribution in [3.05, 3.63) is 59.2 Å². The highest BCUT2D eigenvalue weighted by Gasteiger charge is 2.21. The summed E-state index contributed by atoms with van der Waals surface area (Å²) in [5.41, 5.74) is 3.98. The molecule has 2 aromatic rings. The van der Waals surface area contributed by atoms with Crippen LogP contribution in [0.2, 0.25) is 0 Å². The fraction of sp³-hybridized carbons (Fsp3) is 0.435. The smallest absolute Gasteiger partial charge is 0.232 e. The lowest BCUT2D eigenvalue weighted by Crippen LogP contribution is -2.33. The Kier molecular flexibility index (Phi) is 8.29. The van der Waals surface area contributed by atoms with Gasteiger partial charge in [0.1, 0.15) is 5.75 Å². The molecule has 164 valence electrons. The normalized spacial score (nSPS) is 12.3. The molecule has 0 heterocycles. The number of hydrogen-bond donors (Lipinski definition) is 1. The predicted molar refractivity (Wildman–Crippen MR) is 122 cm³/mol. The van der Waals surface area contributed by atoms with Gasteiger partial charge >= 0.3 is 0 Å². The summed E-state index contributed by atoms with van der Waals surface area (Å²) in [7, 11) is -2.00. The Hall–Kier alpha value is -2.54. The fourth-order valence-electron chi connectivity index (χ4n) is 3.35. The van der Waals surface area contributed by atoms with Gasteiger partial charge in [-0.1, -0.05) is 37.3 Å². The number of anilines is 1. The maximum Gasteiger partial charge on any atom is 0.232 e. The number of para-hydroxylation sites is 2. The van der Waals surface area contributed by atoms with Gasteiger partial charge < -0.3 is 10.1 Å². The van der Waals surface area contributed by atoms with Crippen LogP contribution in [0.25, 0.3) is 0 Å². The number of nitrogens with one attached hydrogen (secondary N) is 1. The lowest BCUT2D eigenvalue weighted by atomic mass is 9.99. The van der Waals surface area contributed by atoms with Crippen molar-refractivity contribution in [2.24, 2.45) is 0 Å². The second-order valence-corrected chi connectivity index (χ2v) is 9.39. The minimum absolute atomic E-state index is 0.0583. The molecule has 0 unspecified atom stereocenters. The van der Waals surface area contributed by atoms with Gasteiger partial charge in [-0.3, -0.25) is 9.10 Å². The Morgan fingerprint density at radius 2 is 1.83 bits per heavy atom. The molecule has 0 radical (unpaired) electrons. The highest BCUT2D eigenvalue weighted by atomic mass is 32.2. The van der Waals surface area contributed by atoms with Crippen molar-refractivity contribution in [3.63, 3.8) is 0 Å². The Bertz CT molecular complexity index is 973. The Morgan fingerprint density at radius 1 is 1.13 bits per heavy atom. The average Bonchev–Trinajstić information content (AvgIpc) is 2.70. The zero-order valence-corrected chi connectivity index (χ0v) is 19.3. The molecule has 0 saturated heterocycles. The number of sulfonamides is 1. The number of benzene rings is 2. The summed E-state index contributed by atoms with van der Waals surface area (Å²) in [6, 6.07) is 13.1. The third kappa shape index (κ3) is 6.23. The number of nitrogens with zero attached hydrogens (tertiary/aromatic N) is 1. The van der Waals surface area contributed by atoms with Crippen LogP contribution in [0, 0.1) is 13.8 Å². The molecule has 0 spiro atoms. The van der Waals surface area contributed by atoms with Crippen LogP contribution in [-0.2, 0) is 14.8 Å². The zero-order valence-electron chi connectivity index (χ0n) is 18.4. The molecule has 0 bridgehead atoms. The van der Waals surface area contributed by atoms with E-state index in [2.05, 4.69) is 31.3 Å². The van der Waals surface area contributed by atoms with Crippen LogP contribution in [-0.4, -0.2) is 34.2 Å². The quantitative estimate of drug-likeness (QED) is 0.613. The number of carbonyl (C=O) groups is 1. The number of aryl methyl sites for hydroxylation is 2. The van der Waals surface area contributed by atoms with Crippen molar-refractivity contribution in [1.29, 1.82) is 0 Å². The van der Waals surface area contributed by atoms with Crippen LogP contribution in [0.15, 0.2) is 42.5 Å². The van der Waals surface area contributed by atoms with Gasteiger partial charge in [0.15, 0.2) is 0 Å². The van der Waals surface area contributed by atoms with E-state index in [0.717, 1.165) is 18.2 Å². The van der Waals surface area contributed by atoms with Crippen molar-refractivity contribution in [2.45, 2.75) is 46.1 Å². The SMILES string of the molecule is CC[C@@H](NC(=O)CCCN(c1ccccc1OC)S(C)(=O)=O)c1ccc(C)c(C)c1. The first kappa shape index (κ1) is 23.7. The highest BCUT2D eigenvalue weighted by molar-refractivity contribution is 7.92. The molecule has 1 amide bonds. The van der Waals surface area contributed by atoms with Crippen LogP contribution in [0.3, 0.4) is 0 Å². The van der Waals surface area contributed by atoms with Gasteiger partial charge in [0.05, 0.1) is 25.1 Å². The summed E-state index contributed by atoms with van der Waals surface area (Å²) in [4.78, 5) is 12.5. The first-order valence-electron chi connectivity index (χ1n) is 10.1.